The Kier molecular flexibility index (Phi) is 7.00. The fraction of sp³-hybridized carbons (Fsp3) is 0.600. The van der Waals surface area contributed by atoms with Crippen LogP contribution in [0.4, 0.5) is 9.18 Å². The van der Waals surface area contributed by atoms with Crippen molar-refractivity contribution in [2.75, 3.05) is 13.1 Å². The number of amides is 3. The van der Waals surface area contributed by atoms with Crippen LogP contribution in [0.5, 0.6) is 0 Å². The maximum absolute atomic E-state index is 13.6. The normalized spacial score (nSPS) is 21.2. The molecule has 3 amide bonds. The Morgan fingerprint density at radius 2 is 2.04 bits per heavy atom. The predicted molar refractivity (Wildman–Crippen MR) is 100 cm³/mol. The van der Waals surface area contributed by atoms with E-state index in [0.29, 0.717) is 31.5 Å². The summed E-state index contributed by atoms with van der Waals surface area (Å²) in [6.45, 7) is 8.49. The van der Waals surface area contributed by atoms with E-state index in [9.17, 15) is 14.0 Å². The summed E-state index contributed by atoms with van der Waals surface area (Å²) in [5, 5.41) is 5.85. The molecular weight excluding hydrogens is 333 g/mol. The fourth-order valence-corrected chi connectivity index (χ4v) is 3.35. The zero-order valence-corrected chi connectivity index (χ0v) is 16.1. The maximum atomic E-state index is 13.6. The molecule has 3 atom stereocenters. The first-order valence-corrected chi connectivity index (χ1v) is 9.48. The second-order valence-corrected chi connectivity index (χ2v) is 7.10. The second kappa shape index (κ2) is 9.01. The lowest BCUT2D eigenvalue weighted by atomic mass is 9.88. The minimum atomic E-state index is -0.250. The van der Waals surface area contributed by atoms with Crippen LogP contribution in [0.1, 0.15) is 57.2 Å². The fourth-order valence-electron chi connectivity index (χ4n) is 3.35. The Hall–Kier alpha value is -2.11. The first kappa shape index (κ1) is 20.2. The van der Waals surface area contributed by atoms with Gasteiger partial charge < -0.3 is 15.5 Å². The predicted octanol–water partition coefficient (Wildman–Crippen LogP) is 3.53. The molecule has 0 aliphatic carbocycles. The molecule has 1 saturated heterocycles. The number of aryl methyl sites for hydroxylation is 1. The third kappa shape index (κ3) is 4.74. The number of rotatable bonds is 5. The van der Waals surface area contributed by atoms with Crippen molar-refractivity contribution in [3.05, 3.63) is 35.1 Å². The first-order valence-electron chi connectivity index (χ1n) is 9.48. The van der Waals surface area contributed by atoms with Crippen LogP contribution in [-0.4, -0.2) is 36.0 Å². The summed E-state index contributed by atoms with van der Waals surface area (Å²) in [5.41, 5.74) is 1.48. The van der Waals surface area contributed by atoms with E-state index in [4.69, 9.17) is 0 Å². The smallest absolute Gasteiger partial charge is 0.317 e. The summed E-state index contributed by atoms with van der Waals surface area (Å²) in [6.07, 6.45) is 2.26. The van der Waals surface area contributed by atoms with Gasteiger partial charge in [-0.05, 0) is 57.2 Å². The minimum absolute atomic E-state index is 0.00221. The van der Waals surface area contributed by atoms with E-state index < -0.39 is 0 Å². The van der Waals surface area contributed by atoms with Gasteiger partial charge in [0.25, 0.3) is 0 Å². The number of hydrogen-bond donors (Lipinski definition) is 2. The zero-order valence-electron chi connectivity index (χ0n) is 16.1. The van der Waals surface area contributed by atoms with Gasteiger partial charge >= 0.3 is 6.03 Å². The van der Waals surface area contributed by atoms with Crippen molar-refractivity contribution in [3.8, 4) is 0 Å². The molecule has 1 fully saturated rings. The Bertz CT molecular complexity index is 650. The molecule has 1 aromatic rings. The highest BCUT2D eigenvalue weighted by molar-refractivity contribution is 5.81. The number of carbonyl (C=O) groups is 2. The van der Waals surface area contributed by atoms with E-state index in [1.54, 1.807) is 24.0 Å². The summed E-state index contributed by atoms with van der Waals surface area (Å²) in [6, 6.07) is 4.78. The van der Waals surface area contributed by atoms with E-state index in [1.807, 2.05) is 20.8 Å². The van der Waals surface area contributed by atoms with Gasteiger partial charge in [0.15, 0.2) is 0 Å². The molecular formula is C20H30FN3O2. The standard InChI is InChI=1S/C20H30FN3O2/c1-5-14(4)23-19(25)16-8-10-18(24(12-16)20(26)22-6-2)15-7-9-17(21)13(3)11-15/h7,9,11,14,16,18H,5-6,8,10,12H2,1-4H3,(H,22,26)(H,23,25)/t14-,16+,18+/m0/s1. The molecule has 26 heavy (non-hydrogen) atoms. The van der Waals surface area contributed by atoms with Crippen LogP contribution in [-0.2, 0) is 4.79 Å². The summed E-state index contributed by atoms with van der Waals surface area (Å²) in [5.74, 6) is -0.466. The lowest BCUT2D eigenvalue weighted by Gasteiger charge is -2.39. The van der Waals surface area contributed by atoms with Gasteiger partial charge in [0.2, 0.25) is 5.91 Å². The number of piperidine rings is 1. The van der Waals surface area contributed by atoms with Gasteiger partial charge in [0, 0.05) is 19.1 Å². The molecule has 1 heterocycles. The number of benzene rings is 1. The Morgan fingerprint density at radius 1 is 1.31 bits per heavy atom. The maximum Gasteiger partial charge on any atom is 0.317 e. The van der Waals surface area contributed by atoms with Crippen molar-refractivity contribution in [3.63, 3.8) is 0 Å². The summed E-state index contributed by atoms with van der Waals surface area (Å²) < 4.78 is 13.6. The van der Waals surface area contributed by atoms with Gasteiger partial charge in [-0.15, -0.1) is 0 Å². The van der Waals surface area contributed by atoms with Crippen molar-refractivity contribution in [2.24, 2.45) is 5.92 Å². The monoisotopic (exact) mass is 363 g/mol. The van der Waals surface area contributed by atoms with Crippen molar-refractivity contribution < 1.29 is 14.0 Å². The third-order valence-electron chi connectivity index (χ3n) is 5.11. The summed E-state index contributed by atoms with van der Waals surface area (Å²) >= 11 is 0. The lowest BCUT2D eigenvalue weighted by molar-refractivity contribution is -0.127. The van der Waals surface area contributed by atoms with E-state index in [0.717, 1.165) is 12.0 Å². The quantitative estimate of drug-likeness (QED) is 0.841. The zero-order chi connectivity index (χ0) is 19.3. The molecule has 6 heteroatoms. The number of urea groups is 1. The number of halogens is 1. The van der Waals surface area contributed by atoms with Crippen molar-refractivity contribution in [2.45, 2.75) is 59.0 Å². The van der Waals surface area contributed by atoms with Crippen LogP contribution in [0.2, 0.25) is 0 Å². The number of nitrogens with zero attached hydrogens (tertiary/aromatic N) is 1. The molecule has 0 aromatic heterocycles. The molecule has 0 saturated carbocycles. The summed E-state index contributed by atoms with van der Waals surface area (Å²) in [4.78, 5) is 26.8. The molecule has 1 aliphatic rings. The van der Waals surface area contributed by atoms with Gasteiger partial charge in [-0.3, -0.25) is 4.79 Å². The Balaban J connectivity index is 2.20. The average Bonchev–Trinajstić information content (AvgIpc) is 2.63. The van der Waals surface area contributed by atoms with E-state index in [1.165, 1.54) is 6.07 Å². The van der Waals surface area contributed by atoms with Gasteiger partial charge in [-0.1, -0.05) is 19.1 Å². The van der Waals surface area contributed by atoms with Crippen molar-refractivity contribution in [1.29, 1.82) is 0 Å². The third-order valence-corrected chi connectivity index (χ3v) is 5.11. The number of likely N-dealkylation sites (tertiary alicyclic amines) is 1. The summed E-state index contributed by atoms with van der Waals surface area (Å²) in [7, 11) is 0. The number of nitrogens with one attached hydrogen (secondary N) is 2. The largest absolute Gasteiger partial charge is 0.353 e. The number of hydrogen-bond acceptors (Lipinski definition) is 2. The van der Waals surface area contributed by atoms with Gasteiger partial charge in [0.05, 0.1) is 12.0 Å². The van der Waals surface area contributed by atoms with Crippen LogP contribution in [0.15, 0.2) is 18.2 Å². The van der Waals surface area contributed by atoms with Crippen LogP contribution >= 0.6 is 0 Å². The van der Waals surface area contributed by atoms with Gasteiger partial charge in [0.1, 0.15) is 5.82 Å². The van der Waals surface area contributed by atoms with E-state index in [-0.39, 0.29) is 35.8 Å². The SMILES string of the molecule is CCNC(=O)N1C[C@H](C(=O)N[C@@H](C)CC)CC[C@@H]1c1ccc(F)c(C)c1. The minimum Gasteiger partial charge on any atom is -0.353 e. The van der Waals surface area contributed by atoms with Crippen LogP contribution < -0.4 is 10.6 Å². The van der Waals surface area contributed by atoms with Crippen LogP contribution in [0, 0.1) is 18.7 Å². The van der Waals surface area contributed by atoms with E-state index >= 15 is 0 Å². The molecule has 1 aliphatic heterocycles. The molecule has 0 spiro atoms. The van der Waals surface area contributed by atoms with Crippen LogP contribution in [0.3, 0.4) is 0 Å². The molecule has 5 nitrogen and oxygen atoms in total. The Morgan fingerprint density at radius 3 is 2.65 bits per heavy atom. The van der Waals surface area contributed by atoms with Crippen molar-refractivity contribution in [1.82, 2.24) is 15.5 Å². The molecule has 1 aromatic carbocycles. The lowest BCUT2D eigenvalue weighted by Crippen LogP contribution is -2.51. The molecule has 144 valence electrons. The van der Waals surface area contributed by atoms with Crippen LogP contribution in [0.25, 0.3) is 0 Å². The average molecular weight is 363 g/mol. The molecule has 0 radical (unpaired) electrons. The highest BCUT2D eigenvalue weighted by Gasteiger charge is 2.35. The Labute approximate surface area is 155 Å². The molecule has 0 bridgehead atoms. The second-order valence-electron chi connectivity index (χ2n) is 7.10. The van der Waals surface area contributed by atoms with Crippen molar-refractivity contribution >= 4 is 11.9 Å². The topological polar surface area (TPSA) is 61.4 Å². The molecule has 0 unspecified atom stereocenters. The first-order chi connectivity index (χ1) is 12.4. The van der Waals surface area contributed by atoms with Gasteiger partial charge in [-0.25, -0.2) is 9.18 Å². The number of carbonyl (C=O) groups excluding carboxylic acids is 2. The highest BCUT2D eigenvalue weighted by Crippen LogP contribution is 2.34. The molecule has 2 N–H and O–H groups in total. The highest BCUT2D eigenvalue weighted by atomic mass is 19.1. The molecule has 2 rings (SSSR count). The van der Waals surface area contributed by atoms with Gasteiger partial charge in [-0.2, -0.15) is 0 Å². The van der Waals surface area contributed by atoms with E-state index in [2.05, 4.69) is 10.6 Å².